The van der Waals surface area contributed by atoms with Crippen molar-refractivity contribution in [2.45, 2.75) is 24.4 Å². The lowest BCUT2D eigenvalue weighted by Gasteiger charge is -2.24. The van der Waals surface area contributed by atoms with E-state index < -0.39 is 11.6 Å². The smallest absolute Gasteiger partial charge is 0.325 e. The van der Waals surface area contributed by atoms with Crippen molar-refractivity contribution >= 4 is 29.2 Å². The number of nitrogens with one attached hydrogen (secondary N) is 2. The van der Waals surface area contributed by atoms with E-state index in [0.717, 1.165) is 28.0 Å². The third-order valence-corrected chi connectivity index (χ3v) is 6.47. The van der Waals surface area contributed by atoms with Crippen LogP contribution in [0.5, 0.6) is 0 Å². The predicted molar refractivity (Wildman–Crippen MR) is 110 cm³/mol. The summed E-state index contributed by atoms with van der Waals surface area (Å²) in [5.74, 6) is -0.691. The van der Waals surface area contributed by atoms with Gasteiger partial charge in [-0.15, -0.1) is 0 Å². The van der Waals surface area contributed by atoms with Crippen molar-refractivity contribution in [1.82, 2.24) is 20.4 Å². The van der Waals surface area contributed by atoms with Crippen molar-refractivity contribution in [1.29, 1.82) is 0 Å². The molecule has 4 amide bonds. The third kappa shape index (κ3) is 3.42. The van der Waals surface area contributed by atoms with E-state index in [1.807, 2.05) is 54.7 Å². The standard InChI is InChI=1S/C21H24N4O3S/c1-24(2)17(15-8-10-29-13-15)11-22-18(26)12-25-19(27)21(23-20(25)28)9-7-14-5-3-4-6-16(14)21/h3-6,8,10,13,17H,7,9,11-12H2,1-2H3,(H,22,26)(H,23,28). The van der Waals surface area contributed by atoms with Crippen LogP contribution in [0.25, 0.3) is 0 Å². The fourth-order valence-corrected chi connectivity index (χ4v) is 4.91. The van der Waals surface area contributed by atoms with E-state index in [4.69, 9.17) is 0 Å². The number of hydrogen-bond donors (Lipinski definition) is 2. The molecule has 1 saturated heterocycles. The van der Waals surface area contributed by atoms with E-state index in [1.54, 1.807) is 11.3 Å². The highest BCUT2D eigenvalue weighted by Crippen LogP contribution is 2.41. The molecule has 1 aromatic carbocycles. The van der Waals surface area contributed by atoms with Crippen LogP contribution in [0.15, 0.2) is 41.1 Å². The molecule has 0 saturated carbocycles. The van der Waals surface area contributed by atoms with Crippen molar-refractivity contribution in [3.63, 3.8) is 0 Å². The zero-order chi connectivity index (χ0) is 20.6. The van der Waals surface area contributed by atoms with Crippen molar-refractivity contribution in [3.05, 3.63) is 57.8 Å². The maximum Gasteiger partial charge on any atom is 0.325 e. The summed E-state index contributed by atoms with van der Waals surface area (Å²) in [5, 5.41) is 9.77. The summed E-state index contributed by atoms with van der Waals surface area (Å²) >= 11 is 1.61. The second-order valence-corrected chi connectivity index (χ2v) is 8.50. The van der Waals surface area contributed by atoms with Crippen LogP contribution in [0.1, 0.15) is 29.2 Å². The minimum atomic E-state index is -1.03. The SMILES string of the molecule is CN(C)C(CNC(=O)CN1C(=O)NC2(CCc3ccccc32)C1=O)c1ccsc1. The Morgan fingerprint density at radius 2 is 2.10 bits per heavy atom. The molecule has 2 aromatic rings. The molecule has 29 heavy (non-hydrogen) atoms. The van der Waals surface area contributed by atoms with Crippen molar-refractivity contribution < 1.29 is 14.4 Å². The van der Waals surface area contributed by atoms with E-state index in [-0.39, 0.29) is 24.4 Å². The molecule has 7 nitrogen and oxygen atoms in total. The number of carbonyl (C=O) groups is 3. The molecule has 1 aliphatic heterocycles. The summed E-state index contributed by atoms with van der Waals surface area (Å²) < 4.78 is 0. The van der Waals surface area contributed by atoms with Gasteiger partial charge in [0.05, 0.1) is 6.04 Å². The summed E-state index contributed by atoms with van der Waals surface area (Å²) in [7, 11) is 3.90. The molecule has 4 rings (SSSR count). The Balaban J connectivity index is 1.43. The number of thiophene rings is 1. The molecule has 152 valence electrons. The molecule has 1 spiro atoms. The molecule has 2 N–H and O–H groups in total. The van der Waals surface area contributed by atoms with Crippen LogP contribution in [0.2, 0.25) is 0 Å². The first-order chi connectivity index (χ1) is 13.9. The molecule has 2 unspecified atom stereocenters. The zero-order valence-electron chi connectivity index (χ0n) is 16.5. The first-order valence-corrected chi connectivity index (χ1v) is 10.5. The highest BCUT2D eigenvalue weighted by atomic mass is 32.1. The first-order valence-electron chi connectivity index (χ1n) is 9.60. The lowest BCUT2D eigenvalue weighted by Crippen LogP contribution is -2.44. The Morgan fingerprint density at radius 3 is 2.83 bits per heavy atom. The van der Waals surface area contributed by atoms with Crippen molar-refractivity contribution in [2.75, 3.05) is 27.2 Å². The Bertz CT molecular complexity index is 943. The van der Waals surface area contributed by atoms with Gasteiger partial charge in [-0.2, -0.15) is 11.3 Å². The predicted octanol–water partition coefficient (Wildman–Crippen LogP) is 1.86. The van der Waals surface area contributed by atoms with E-state index >= 15 is 0 Å². The van der Waals surface area contributed by atoms with E-state index in [1.165, 1.54) is 0 Å². The van der Waals surface area contributed by atoms with Gasteiger partial charge in [0.1, 0.15) is 12.1 Å². The monoisotopic (exact) mass is 412 g/mol. The maximum atomic E-state index is 13.1. The highest BCUT2D eigenvalue weighted by Gasteiger charge is 2.55. The zero-order valence-corrected chi connectivity index (χ0v) is 17.3. The number of fused-ring (bicyclic) bond motifs is 2. The van der Waals surface area contributed by atoms with Crippen LogP contribution >= 0.6 is 11.3 Å². The van der Waals surface area contributed by atoms with Gasteiger partial charge in [0.25, 0.3) is 5.91 Å². The van der Waals surface area contributed by atoms with Crippen LogP contribution in [0.4, 0.5) is 4.79 Å². The highest BCUT2D eigenvalue weighted by molar-refractivity contribution is 7.08. The number of benzene rings is 1. The summed E-state index contributed by atoms with van der Waals surface area (Å²) in [6.07, 6.45) is 1.25. The Labute approximate surface area is 173 Å². The number of imide groups is 1. The Kier molecular flexibility index (Phi) is 5.14. The lowest BCUT2D eigenvalue weighted by molar-refractivity contribution is -0.135. The van der Waals surface area contributed by atoms with E-state index in [0.29, 0.717) is 13.0 Å². The maximum absolute atomic E-state index is 13.1. The van der Waals surface area contributed by atoms with Crippen LogP contribution in [-0.2, 0) is 21.5 Å². The fraction of sp³-hybridized carbons (Fsp3) is 0.381. The van der Waals surface area contributed by atoms with Crippen molar-refractivity contribution in [3.8, 4) is 0 Å². The molecule has 0 bridgehead atoms. The number of carbonyl (C=O) groups excluding carboxylic acids is 3. The number of aryl methyl sites for hydroxylation is 1. The van der Waals surface area contributed by atoms with Crippen LogP contribution in [0, 0.1) is 0 Å². The third-order valence-electron chi connectivity index (χ3n) is 5.77. The van der Waals surface area contributed by atoms with Gasteiger partial charge in [-0.05, 0) is 60.5 Å². The average Bonchev–Trinajstić information content (AvgIpc) is 3.39. The molecule has 8 heteroatoms. The van der Waals surface area contributed by atoms with Gasteiger partial charge in [-0.3, -0.25) is 14.5 Å². The summed E-state index contributed by atoms with van der Waals surface area (Å²) in [6.45, 7) is 0.124. The number of nitrogens with zero attached hydrogens (tertiary/aromatic N) is 2. The van der Waals surface area contributed by atoms with Gasteiger partial charge in [-0.25, -0.2) is 4.79 Å². The number of likely N-dealkylation sites (N-methyl/N-ethyl adjacent to an activating group) is 1. The van der Waals surface area contributed by atoms with Gasteiger partial charge >= 0.3 is 6.03 Å². The second-order valence-electron chi connectivity index (χ2n) is 7.72. The summed E-state index contributed by atoms with van der Waals surface area (Å²) in [6, 6.07) is 9.20. The van der Waals surface area contributed by atoms with Crippen LogP contribution in [-0.4, -0.2) is 54.8 Å². The summed E-state index contributed by atoms with van der Waals surface area (Å²) in [5.41, 5.74) is 2.00. The quantitative estimate of drug-likeness (QED) is 0.710. The molecule has 2 heterocycles. The largest absolute Gasteiger partial charge is 0.353 e. The Morgan fingerprint density at radius 1 is 1.31 bits per heavy atom. The van der Waals surface area contributed by atoms with E-state index in [9.17, 15) is 14.4 Å². The van der Waals surface area contributed by atoms with Crippen LogP contribution < -0.4 is 10.6 Å². The number of hydrogen-bond acceptors (Lipinski definition) is 5. The molecular formula is C21H24N4O3S. The number of amides is 4. The normalized spacial score (nSPS) is 21.6. The summed E-state index contributed by atoms with van der Waals surface area (Å²) in [4.78, 5) is 41.3. The second kappa shape index (κ2) is 7.61. The topological polar surface area (TPSA) is 81.8 Å². The van der Waals surface area contributed by atoms with Gasteiger partial charge in [-0.1, -0.05) is 24.3 Å². The number of urea groups is 1. The Hall–Kier alpha value is -2.71. The molecule has 2 atom stereocenters. The number of rotatable bonds is 6. The molecule has 1 aliphatic carbocycles. The van der Waals surface area contributed by atoms with Gasteiger partial charge in [0.2, 0.25) is 5.91 Å². The van der Waals surface area contributed by atoms with Gasteiger partial charge in [0.15, 0.2) is 0 Å². The molecule has 2 aliphatic rings. The van der Waals surface area contributed by atoms with Gasteiger partial charge < -0.3 is 15.5 Å². The molecular weight excluding hydrogens is 388 g/mol. The first kappa shape index (κ1) is 19.6. The van der Waals surface area contributed by atoms with Crippen LogP contribution in [0.3, 0.4) is 0 Å². The van der Waals surface area contributed by atoms with E-state index in [2.05, 4.69) is 16.0 Å². The van der Waals surface area contributed by atoms with Crippen molar-refractivity contribution in [2.24, 2.45) is 0 Å². The molecule has 0 radical (unpaired) electrons. The lowest BCUT2D eigenvalue weighted by atomic mass is 9.92. The average molecular weight is 413 g/mol. The fourth-order valence-electron chi connectivity index (χ4n) is 4.21. The molecule has 1 fully saturated rings. The minimum absolute atomic E-state index is 0.0290. The van der Waals surface area contributed by atoms with Gasteiger partial charge in [0, 0.05) is 6.54 Å². The minimum Gasteiger partial charge on any atom is -0.353 e. The molecule has 1 aromatic heterocycles.